The highest BCUT2D eigenvalue weighted by atomic mass is 31.1. The van der Waals surface area contributed by atoms with E-state index < -0.39 is 8.03 Å². The average molecular weight is 225 g/mol. The van der Waals surface area contributed by atoms with Gasteiger partial charge in [-0.2, -0.15) is 4.89 Å². The van der Waals surface area contributed by atoms with E-state index in [1.54, 1.807) is 0 Å². The molecule has 0 bridgehead atoms. The number of hydrogen-bond donors (Lipinski definition) is 1. The van der Waals surface area contributed by atoms with Gasteiger partial charge in [-0.25, -0.2) is 0 Å². The molecule has 0 aliphatic carbocycles. The summed E-state index contributed by atoms with van der Waals surface area (Å²) in [7, 11) is -2.12. The minimum atomic E-state index is -2.12. The van der Waals surface area contributed by atoms with Crippen LogP contribution in [0.15, 0.2) is 24.3 Å². The van der Waals surface area contributed by atoms with Gasteiger partial charge < -0.3 is 0 Å². The molecule has 0 heterocycles. The summed E-state index contributed by atoms with van der Waals surface area (Å²) in [5.74, 6) is 0. The van der Waals surface area contributed by atoms with Gasteiger partial charge in [0, 0.05) is 5.56 Å². The Balaban J connectivity index is 2.90. The molecule has 15 heavy (non-hydrogen) atoms. The van der Waals surface area contributed by atoms with Crippen LogP contribution in [0.5, 0.6) is 0 Å². The first-order chi connectivity index (χ1) is 7.16. The number of unbranched alkanes of at least 4 members (excludes halogenated alkanes) is 1. The van der Waals surface area contributed by atoms with Crippen molar-refractivity contribution in [2.24, 2.45) is 0 Å². The fraction of sp³-hybridized carbons (Fsp3) is 0.500. The van der Waals surface area contributed by atoms with E-state index in [-0.39, 0.29) is 5.66 Å². The lowest BCUT2D eigenvalue weighted by atomic mass is 10.0. The van der Waals surface area contributed by atoms with E-state index in [0.29, 0.717) is 0 Å². The third-order valence-electron chi connectivity index (χ3n) is 2.64. The first kappa shape index (κ1) is 12.4. The summed E-state index contributed by atoms with van der Waals surface area (Å²) < 4.78 is 11.1. The van der Waals surface area contributed by atoms with Crippen LogP contribution >= 0.6 is 8.03 Å². The first-order valence-electron chi connectivity index (χ1n) is 5.39. The molecule has 0 spiro atoms. The van der Waals surface area contributed by atoms with Crippen molar-refractivity contribution >= 4 is 8.03 Å². The second-order valence-electron chi connectivity index (χ2n) is 3.78. The van der Waals surface area contributed by atoms with E-state index in [0.717, 1.165) is 24.8 Å². The van der Waals surface area contributed by atoms with Crippen LogP contribution in [0, 0.1) is 0 Å². The van der Waals surface area contributed by atoms with Crippen LogP contribution in [-0.4, -0.2) is 4.89 Å². The van der Waals surface area contributed by atoms with Gasteiger partial charge in [0.25, 0.3) is 0 Å². The molecule has 0 amide bonds. The van der Waals surface area contributed by atoms with Gasteiger partial charge in [0.05, 0.1) is 0 Å². The van der Waals surface area contributed by atoms with Crippen molar-refractivity contribution in [2.75, 3.05) is 0 Å². The van der Waals surface area contributed by atoms with Gasteiger partial charge in [-0.15, -0.1) is 0 Å². The van der Waals surface area contributed by atoms with Gasteiger partial charge in [-0.3, -0.25) is 0 Å². The average Bonchev–Trinajstić information content (AvgIpc) is 2.25. The van der Waals surface area contributed by atoms with Crippen molar-refractivity contribution < 1.29 is 9.46 Å². The van der Waals surface area contributed by atoms with Crippen LogP contribution in [0.3, 0.4) is 0 Å². The zero-order chi connectivity index (χ0) is 11.3. The number of rotatable bonds is 5. The van der Waals surface area contributed by atoms with Crippen LogP contribution in [0.4, 0.5) is 0 Å². The standard InChI is InChI=1S/C12H17O2P/c1-3-4-7-11-8-5-6-9-12(11)10(2)15(13)14/h5-6,8-10H,3-4,7H2,1-2H3/p+1. The lowest BCUT2D eigenvalue weighted by molar-refractivity contribution is 0.493. The predicted molar refractivity (Wildman–Crippen MR) is 63.3 cm³/mol. The Morgan fingerprint density at radius 1 is 1.40 bits per heavy atom. The van der Waals surface area contributed by atoms with Crippen molar-refractivity contribution in [1.82, 2.24) is 0 Å². The molecule has 2 unspecified atom stereocenters. The highest BCUT2D eigenvalue weighted by molar-refractivity contribution is 7.38. The van der Waals surface area contributed by atoms with Gasteiger partial charge in [0.1, 0.15) is 0 Å². The zero-order valence-electron chi connectivity index (χ0n) is 9.31. The Bertz CT molecular complexity index is 336. The molecule has 0 aromatic heterocycles. The Hall–Kier alpha value is -0.720. The van der Waals surface area contributed by atoms with Gasteiger partial charge in [0.15, 0.2) is 0 Å². The monoisotopic (exact) mass is 225 g/mol. The quantitative estimate of drug-likeness (QED) is 0.773. The Kier molecular flexibility index (Phi) is 4.93. The van der Waals surface area contributed by atoms with Gasteiger partial charge in [0.2, 0.25) is 5.66 Å². The molecule has 0 saturated carbocycles. The topological polar surface area (TPSA) is 37.3 Å². The van der Waals surface area contributed by atoms with Crippen LogP contribution in [0.1, 0.15) is 43.5 Å². The number of benzene rings is 1. The highest BCUT2D eigenvalue weighted by Gasteiger charge is 2.26. The summed E-state index contributed by atoms with van der Waals surface area (Å²) in [6.45, 7) is 3.96. The molecule has 0 radical (unpaired) electrons. The highest BCUT2D eigenvalue weighted by Crippen LogP contribution is 2.38. The van der Waals surface area contributed by atoms with E-state index in [1.165, 1.54) is 5.56 Å². The normalized spacial score (nSPS) is 13.7. The molecular weight excluding hydrogens is 207 g/mol. The van der Waals surface area contributed by atoms with E-state index >= 15 is 0 Å². The Labute approximate surface area is 92.2 Å². The van der Waals surface area contributed by atoms with Crippen molar-refractivity contribution in [3.05, 3.63) is 35.4 Å². The summed E-state index contributed by atoms with van der Waals surface area (Å²) >= 11 is 0. The number of hydrogen-bond acceptors (Lipinski definition) is 1. The van der Waals surface area contributed by atoms with Gasteiger partial charge in [-0.1, -0.05) is 37.6 Å². The molecule has 1 aromatic rings. The van der Waals surface area contributed by atoms with E-state index in [2.05, 4.69) is 13.0 Å². The third kappa shape index (κ3) is 3.40. The number of aryl methyl sites for hydroxylation is 1. The maximum absolute atomic E-state index is 11.1. The smallest absolute Gasteiger partial charge is 0.160 e. The maximum atomic E-state index is 11.1. The molecule has 3 heteroatoms. The first-order valence-corrected chi connectivity index (χ1v) is 6.68. The lowest BCUT2D eigenvalue weighted by Gasteiger charge is -2.07. The van der Waals surface area contributed by atoms with Crippen LogP contribution in [0.2, 0.25) is 0 Å². The molecule has 2 atom stereocenters. The summed E-state index contributed by atoms with van der Waals surface area (Å²) in [6, 6.07) is 7.94. The fourth-order valence-corrected chi connectivity index (χ4v) is 2.15. The molecule has 82 valence electrons. The van der Waals surface area contributed by atoms with Gasteiger partial charge >= 0.3 is 8.03 Å². The molecule has 0 aliphatic heterocycles. The molecule has 1 N–H and O–H groups in total. The molecule has 1 aromatic carbocycles. The van der Waals surface area contributed by atoms with Crippen molar-refractivity contribution in [3.63, 3.8) is 0 Å². The van der Waals surface area contributed by atoms with E-state index in [1.807, 2.05) is 25.1 Å². The second-order valence-corrected chi connectivity index (χ2v) is 5.16. The molecule has 2 nitrogen and oxygen atoms in total. The Morgan fingerprint density at radius 3 is 2.67 bits per heavy atom. The predicted octanol–water partition coefficient (Wildman–Crippen LogP) is 3.82. The van der Waals surface area contributed by atoms with Crippen molar-refractivity contribution in [3.8, 4) is 0 Å². The van der Waals surface area contributed by atoms with Crippen molar-refractivity contribution in [1.29, 1.82) is 0 Å². The molecular formula is C12H18O2P+. The van der Waals surface area contributed by atoms with Crippen LogP contribution in [0.25, 0.3) is 0 Å². The summed E-state index contributed by atoms with van der Waals surface area (Å²) in [4.78, 5) is 9.13. The van der Waals surface area contributed by atoms with Crippen LogP contribution < -0.4 is 0 Å². The largest absolute Gasteiger partial charge is 0.513 e. The second kappa shape index (κ2) is 5.99. The van der Waals surface area contributed by atoms with Gasteiger partial charge in [-0.05, 0) is 29.9 Å². The minimum Gasteiger partial charge on any atom is -0.160 e. The van der Waals surface area contributed by atoms with E-state index in [9.17, 15) is 4.57 Å². The van der Waals surface area contributed by atoms with Crippen molar-refractivity contribution in [2.45, 2.75) is 38.8 Å². The van der Waals surface area contributed by atoms with Crippen LogP contribution in [-0.2, 0) is 11.0 Å². The SMILES string of the molecule is CCCCc1ccccc1C(C)[P+](=O)O. The van der Waals surface area contributed by atoms with E-state index in [4.69, 9.17) is 4.89 Å². The summed E-state index contributed by atoms with van der Waals surface area (Å²) in [5, 5.41) is 0. The molecule has 0 aliphatic rings. The maximum Gasteiger partial charge on any atom is 0.513 e. The summed E-state index contributed by atoms with van der Waals surface area (Å²) in [6.07, 6.45) is 3.28. The third-order valence-corrected chi connectivity index (χ3v) is 3.58. The molecule has 0 saturated heterocycles. The summed E-state index contributed by atoms with van der Waals surface area (Å²) in [5.41, 5.74) is 1.98. The Morgan fingerprint density at radius 2 is 2.07 bits per heavy atom. The molecule has 1 rings (SSSR count). The molecule has 0 fully saturated rings. The fourth-order valence-electron chi connectivity index (χ4n) is 1.66. The lowest BCUT2D eigenvalue weighted by Crippen LogP contribution is -1.96. The minimum absolute atomic E-state index is 0.256. The zero-order valence-corrected chi connectivity index (χ0v) is 10.2.